The molecule has 1 aliphatic rings. The Hall–Kier alpha value is -0.870. The minimum Gasteiger partial charge on any atom is -0.337 e. The average molecular weight is 311 g/mol. The molecule has 2 rings (SSSR count). The van der Waals surface area contributed by atoms with Gasteiger partial charge in [-0.1, -0.05) is 41.4 Å². The van der Waals surface area contributed by atoms with Gasteiger partial charge in [0.1, 0.15) is 0 Å². The summed E-state index contributed by atoms with van der Waals surface area (Å²) >= 11 is 3.56. The summed E-state index contributed by atoms with van der Waals surface area (Å²) in [6, 6.07) is 5.86. The van der Waals surface area contributed by atoms with Crippen molar-refractivity contribution in [2.24, 2.45) is 5.73 Å². The SMILES string of the molecule is CCCC(N)C(=O)N1CCc2cccc(Br)c2C1. The lowest BCUT2D eigenvalue weighted by atomic mass is 9.99. The van der Waals surface area contributed by atoms with E-state index in [4.69, 9.17) is 5.73 Å². The zero-order valence-electron chi connectivity index (χ0n) is 10.7. The molecular weight excluding hydrogens is 292 g/mol. The Morgan fingerprint density at radius 3 is 3.06 bits per heavy atom. The molecular formula is C14H19BrN2O. The number of benzene rings is 1. The summed E-state index contributed by atoms with van der Waals surface area (Å²) in [5, 5.41) is 0. The number of hydrogen-bond donors (Lipinski definition) is 1. The van der Waals surface area contributed by atoms with Crippen molar-refractivity contribution < 1.29 is 4.79 Å². The van der Waals surface area contributed by atoms with Gasteiger partial charge in [0, 0.05) is 17.6 Å². The van der Waals surface area contributed by atoms with Gasteiger partial charge in [0.2, 0.25) is 5.91 Å². The third-order valence-corrected chi connectivity index (χ3v) is 4.19. The average Bonchev–Trinajstić information content (AvgIpc) is 2.38. The summed E-state index contributed by atoms with van der Waals surface area (Å²) in [7, 11) is 0. The molecule has 3 nitrogen and oxygen atoms in total. The van der Waals surface area contributed by atoms with Crippen LogP contribution in [0.2, 0.25) is 0 Å². The Kier molecular flexibility index (Phi) is 4.40. The lowest BCUT2D eigenvalue weighted by Crippen LogP contribution is -2.45. The number of rotatable bonds is 3. The van der Waals surface area contributed by atoms with E-state index in [0.29, 0.717) is 6.54 Å². The zero-order chi connectivity index (χ0) is 13.1. The minimum absolute atomic E-state index is 0.0817. The van der Waals surface area contributed by atoms with E-state index in [1.165, 1.54) is 11.1 Å². The van der Waals surface area contributed by atoms with Crippen LogP contribution in [-0.4, -0.2) is 23.4 Å². The zero-order valence-corrected chi connectivity index (χ0v) is 12.2. The summed E-state index contributed by atoms with van der Waals surface area (Å²) in [6.07, 6.45) is 2.62. The quantitative estimate of drug-likeness (QED) is 0.932. The highest BCUT2D eigenvalue weighted by molar-refractivity contribution is 9.10. The van der Waals surface area contributed by atoms with E-state index >= 15 is 0 Å². The normalized spacial score (nSPS) is 16.3. The topological polar surface area (TPSA) is 46.3 Å². The lowest BCUT2D eigenvalue weighted by molar-refractivity contribution is -0.133. The molecule has 1 atom stereocenters. The first-order valence-corrected chi connectivity index (χ1v) is 7.23. The van der Waals surface area contributed by atoms with E-state index in [-0.39, 0.29) is 11.9 Å². The Morgan fingerprint density at radius 2 is 2.33 bits per heavy atom. The molecule has 2 N–H and O–H groups in total. The molecule has 1 unspecified atom stereocenters. The third kappa shape index (κ3) is 2.75. The van der Waals surface area contributed by atoms with Gasteiger partial charge in [-0.2, -0.15) is 0 Å². The van der Waals surface area contributed by atoms with Crippen molar-refractivity contribution in [3.05, 3.63) is 33.8 Å². The van der Waals surface area contributed by atoms with E-state index < -0.39 is 0 Å². The van der Waals surface area contributed by atoms with Crippen LogP contribution >= 0.6 is 15.9 Å². The molecule has 0 aromatic heterocycles. The predicted octanol–water partition coefficient (Wildman–Crippen LogP) is 2.46. The van der Waals surface area contributed by atoms with Crippen LogP contribution in [0.5, 0.6) is 0 Å². The fourth-order valence-electron chi connectivity index (χ4n) is 2.40. The maximum atomic E-state index is 12.2. The van der Waals surface area contributed by atoms with E-state index in [1.807, 2.05) is 17.0 Å². The molecule has 1 aliphatic heterocycles. The number of amides is 1. The van der Waals surface area contributed by atoms with Crippen LogP contribution in [0.15, 0.2) is 22.7 Å². The van der Waals surface area contributed by atoms with Gasteiger partial charge in [-0.15, -0.1) is 0 Å². The Labute approximate surface area is 116 Å². The molecule has 0 aliphatic carbocycles. The van der Waals surface area contributed by atoms with Crippen LogP contribution in [0, 0.1) is 0 Å². The highest BCUT2D eigenvalue weighted by atomic mass is 79.9. The molecule has 18 heavy (non-hydrogen) atoms. The van der Waals surface area contributed by atoms with Crippen LogP contribution in [0.1, 0.15) is 30.9 Å². The van der Waals surface area contributed by atoms with Gasteiger partial charge in [-0.05, 0) is 30.0 Å². The second kappa shape index (κ2) is 5.85. The fraction of sp³-hybridized carbons (Fsp3) is 0.500. The van der Waals surface area contributed by atoms with Gasteiger partial charge >= 0.3 is 0 Å². The van der Waals surface area contributed by atoms with Crippen molar-refractivity contribution in [1.29, 1.82) is 0 Å². The molecule has 0 spiro atoms. The molecule has 0 fully saturated rings. The van der Waals surface area contributed by atoms with Crippen LogP contribution < -0.4 is 5.73 Å². The van der Waals surface area contributed by atoms with Crippen LogP contribution in [-0.2, 0) is 17.8 Å². The van der Waals surface area contributed by atoms with Crippen molar-refractivity contribution in [3.63, 3.8) is 0 Å². The molecule has 0 saturated heterocycles. The second-order valence-electron chi connectivity index (χ2n) is 4.78. The van der Waals surface area contributed by atoms with Crippen molar-refractivity contribution in [2.75, 3.05) is 6.54 Å². The van der Waals surface area contributed by atoms with Gasteiger partial charge in [-0.25, -0.2) is 0 Å². The molecule has 4 heteroatoms. The number of carbonyl (C=O) groups is 1. The van der Waals surface area contributed by atoms with Crippen LogP contribution in [0.3, 0.4) is 0 Å². The maximum Gasteiger partial charge on any atom is 0.239 e. The smallest absolute Gasteiger partial charge is 0.239 e. The molecule has 0 saturated carbocycles. The monoisotopic (exact) mass is 310 g/mol. The summed E-state index contributed by atoms with van der Waals surface area (Å²) < 4.78 is 1.08. The van der Waals surface area contributed by atoms with Crippen molar-refractivity contribution in [1.82, 2.24) is 4.90 Å². The first-order valence-electron chi connectivity index (χ1n) is 6.44. The maximum absolute atomic E-state index is 12.2. The summed E-state index contributed by atoms with van der Waals surface area (Å²) in [6.45, 7) is 3.50. The number of nitrogens with zero attached hydrogens (tertiary/aromatic N) is 1. The third-order valence-electron chi connectivity index (χ3n) is 3.44. The van der Waals surface area contributed by atoms with E-state index in [2.05, 4.69) is 28.9 Å². The first kappa shape index (κ1) is 13.6. The largest absolute Gasteiger partial charge is 0.337 e. The highest BCUT2D eigenvalue weighted by Gasteiger charge is 2.25. The number of halogens is 1. The van der Waals surface area contributed by atoms with Crippen molar-refractivity contribution in [2.45, 2.75) is 38.8 Å². The van der Waals surface area contributed by atoms with Gasteiger partial charge in [-0.3, -0.25) is 4.79 Å². The van der Waals surface area contributed by atoms with Gasteiger partial charge in [0.05, 0.1) is 6.04 Å². The van der Waals surface area contributed by atoms with E-state index in [0.717, 1.165) is 30.3 Å². The Bertz CT molecular complexity index is 447. The molecule has 1 aromatic carbocycles. The standard InChI is InChI=1S/C14H19BrN2O/c1-2-4-13(16)14(18)17-8-7-10-5-3-6-12(15)11(10)9-17/h3,5-6,13H,2,4,7-9,16H2,1H3. The highest BCUT2D eigenvalue weighted by Crippen LogP contribution is 2.26. The molecule has 0 bridgehead atoms. The van der Waals surface area contributed by atoms with Gasteiger partial charge in [0.15, 0.2) is 0 Å². The van der Waals surface area contributed by atoms with Crippen molar-refractivity contribution >= 4 is 21.8 Å². The molecule has 1 heterocycles. The molecule has 0 radical (unpaired) electrons. The summed E-state index contributed by atoms with van der Waals surface area (Å²) in [5.41, 5.74) is 8.47. The van der Waals surface area contributed by atoms with Crippen LogP contribution in [0.4, 0.5) is 0 Å². The van der Waals surface area contributed by atoms with Gasteiger partial charge < -0.3 is 10.6 Å². The first-order chi connectivity index (χ1) is 8.63. The minimum atomic E-state index is -0.348. The number of fused-ring (bicyclic) bond motifs is 1. The summed E-state index contributed by atoms with van der Waals surface area (Å²) in [5.74, 6) is 0.0817. The van der Waals surface area contributed by atoms with E-state index in [9.17, 15) is 4.79 Å². The van der Waals surface area contributed by atoms with Gasteiger partial charge in [0.25, 0.3) is 0 Å². The lowest BCUT2D eigenvalue weighted by Gasteiger charge is -2.31. The Morgan fingerprint density at radius 1 is 1.56 bits per heavy atom. The second-order valence-corrected chi connectivity index (χ2v) is 5.64. The molecule has 1 amide bonds. The fourth-order valence-corrected chi connectivity index (χ4v) is 2.93. The number of hydrogen-bond acceptors (Lipinski definition) is 2. The Balaban J connectivity index is 2.12. The van der Waals surface area contributed by atoms with E-state index in [1.54, 1.807) is 0 Å². The van der Waals surface area contributed by atoms with Crippen molar-refractivity contribution in [3.8, 4) is 0 Å². The van der Waals surface area contributed by atoms with Crippen LogP contribution in [0.25, 0.3) is 0 Å². The molecule has 98 valence electrons. The number of carbonyl (C=O) groups excluding carboxylic acids is 1. The molecule has 1 aromatic rings. The summed E-state index contributed by atoms with van der Waals surface area (Å²) in [4.78, 5) is 14.1. The number of nitrogens with two attached hydrogens (primary N) is 1. The predicted molar refractivity (Wildman–Crippen MR) is 76.1 cm³/mol.